The number of anilines is 1. The summed E-state index contributed by atoms with van der Waals surface area (Å²) in [4.78, 5) is 25.9. The van der Waals surface area contributed by atoms with Gasteiger partial charge in [-0.25, -0.2) is 0 Å². The van der Waals surface area contributed by atoms with E-state index in [0.29, 0.717) is 22.2 Å². The fourth-order valence-electron chi connectivity index (χ4n) is 3.49. The largest absolute Gasteiger partial charge is 0.365 e. The van der Waals surface area contributed by atoms with E-state index < -0.39 is 5.91 Å². The minimum Gasteiger partial charge on any atom is -0.365 e. The molecular formula is C17H21IN4O2S. The Morgan fingerprint density at radius 2 is 2.28 bits per heavy atom. The van der Waals surface area contributed by atoms with Crippen molar-refractivity contribution in [3.63, 3.8) is 0 Å². The third-order valence-electron chi connectivity index (χ3n) is 4.65. The summed E-state index contributed by atoms with van der Waals surface area (Å²) < 4.78 is 2.30. The molecule has 134 valence electrons. The average Bonchev–Trinajstić information content (AvgIpc) is 3.06. The van der Waals surface area contributed by atoms with Gasteiger partial charge in [-0.3, -0.25) is 14.3 Å². The third-order valence-corrected chi connectivity index (χ3v) is 6.61. The van der Waals surface area contributed by atoms with Crippen LogP contribution < -0.4 is 11.1 Å². The maximum absolute atomic E-state index is 12.6. The molecule has 3 N–H and O–H groups in total. The summed E-state index contributed by atoms with van der Waals surface area (Å²) >= 11 is 3.57. The predicted octanol–water partition coefficient (Wildman–Crippen LogP) is 3.34. The lowest BCUT2D eigenvalue weighted by Gasteiger charge is -2.21. The van der Waals surface area contributed by atoms with Gasteiger partial charge in [0.15, 0.2) is 0 Å². The highest BCUT2D eigenvalue weighted by atomic mass is 127. The second-order valence-corrected chi connectivity index (χ2v) is 8.66. The molecule has 1 atom stereocenters. The highest BCUT2D eigenvalue weighted by molar-refractivity contribution is 14.1. The van der Waals surface area contributed by atoms with Crippen LogP contribution in [0, 0.1) is 9.49 Å². The number of halogens is 1. The van der Waals surface area contributed by atoms with Gasteiger partial charge in [-0.05, 0) is 53.3 Å². The van der Waals surface area contributed by atoms with Crippen molar-refractivity contribution in [3.8, 4) is 0 Å². The molecule has 0 aromatic carbocycles. The molecule has 2 aromatic heterocycles. The van der Waals surface area contributed by atoms with E-state index in [1.807, 2.05) is 0 Å². The molecule has 0 aliphatic heterocycles. The van der Waals surface area contributed by atoms with E-state index in [4.69, 9.17) is 5.73 Å². The molecule has 0 saturated heterocycles. The first kappa shape index (κ1) is 18.4. The molecule has 8 heteroatoms. The summed E-state index contributed by atoms with van der Waals surface area (Å²) in [7, 11) is 1.72. The second-order valence-electron chi connectivity index (χ2n) is 6.39. The molecule has 0 spiro atoms. The van der Waals surface area contributed by atoms with Crippen LogP contribution in [0.4, 0.5) is 5.00 Å². The molecule has 2 heterocycles. The van der Waals surface area contributed by atoms with Gasteiger partial charge in [0.1, 0.15) is 10.7 Å². The van der Waals surface area contributed by atoms with Crippen LogP contribution in [0.25, 0.3) is 0 Å². The molecule has 0 unspecified atom stereocenters. The van der Waals surface area contributed by atoms with Crippen molar-refractivity contribution in [3.05, 3.63) is 31.5 Å². The fraction of sp³-hybridized carbons (Fsp3) is 0.471. The van der Waals surface area contributed by atoms with Crippen molar-refractivity contribution in [2.75, 3.05) is 5.32 Å². The zero-order chi connectivity index (χ0) is 18.1. The number of nitrogens with zero attached hydrogens (tertiary/aromatic N) is 2. The molecular weight excluding hydrogens is 451 g/mol. The maximum Gasteiger partial charge on any atom is 0.275 e. The van der Waals surface area contributed by atoms with Crippen LogP contribution in [0.1, 0.15) is 57.5 Å². The van der Waals surface area contributed by atoms with E-state index in [2.05, 4.69) is 39.9 Å². The molecule has 0 radical (unpaired) electrons. The Morgan fingerprint density at radius 3 is 2.88 bits per heavy atom. The van der Waals surface area contributed by atoms with Crippen molar-refractivity contribution in [1.29, 1.82) is 0 Å². The number of hydrogen-bond donors (Lipinski definition) is 2. The first-order valence-electron chi connectivity index (χ1n) is 8.35. The summed E-state index contributed by atoms with van der Waals surface area (Å²) in [6, 6.07) is 0. The van der Waals surface area contributed by atoms with E-state index in [1.54, 1.807) is 13.2 Å². The summed E-state index contributed by atoms with van der Waals surface area (Å²) in [5.74, 6) is -0.0875. The van der Waals surface area contributed by atoms with E-state index in [0.717, 1.165) is 34.8 Å². The lowest BCUT2D eigenvalue weighted by molar-refractivity contribution is 0.1000. The topological polar surface area (TPSA) is 90.0 Å². The van der Waals surface area contributed by atoms with Gasteiger partial charge in [0.2, 0.25) is 0 Å². The van der Waals surface area contributed by atoms with Gasteiger partial charge in [-0.15, -0.1) is 11.3 Å². The summed E-state index contributed by atoms with van der Waals surface area (Å²) in [6.45, 7) is 2.19. The number of aromatic nitrogens is 2. The second kappa shape index (κ2) is 7.45. The number of rotatable bonds is 5. The van der Waals surface area contributed by atoms with E-state index in [-0.39, 0.29) is 5.91 Å². The van der Waals surface area contributed by atoms with Crippen LogP contribution in [0.3, 0.4) is 0 Å². The third kappa shape index (κ3) is 3.59. The van der Waals surface area contributed by atoms with Gasteiger partial charge >= 0.3 is 0 Å². The summed E-state index contributed by atoms with van der Waals surface area (Å²) in [5, 5.41) is 7.55. The molecule has 6 nitrogen and oxygen atoms in total. The molecule has 0 bridgehead atoms. The van der Waals surface area contributed by atoms with Crippen LogP contribution in [0.5, 0.6) is 0 Å². The Kier molecular flexibility index (Phi) is 5.47. The number of carbonyl (C=O) groups is 2. The first-order valence-corrected chi connectivity index (χ1v) is 10.2. The number of aryl methyl sites for hydroxylation is 1. The number of nitrogens with one attached hydrogen (secondary N) is 1. The van der Waals surface area contributed by atoms with Crippen molar-refractivity contribution < 1.29 is 9.59 Å². The van der Waals surface area contributed by atoms with Gasteiger partial charge in [0.25, 0.3) is 11.8 Å². The molecule has 0 fully saturated rings. The van der Waals surface area contributed by atoms with Gasteiger partial charge in [0.05, 0.1) is 15.3 Å². The van der Waals surface area contributed by atoms with Gasteiger partial charge < -0.3 is 11.1 Å². The Labute approximate surface area is 164 Å². The number of carbonyl (C=O) groups excluding carboxylic acids is 2. The zero-order valence-corrected chi connectivity index (χ0v) is 17.2. The van der Waals surface area contributed by atoms with Gasteiger partial charge in [-0.2, -0.15) is 5.10 Å². The number of nitrogens with two attached hydrogens (primary N) is 1. The van der Waals surface area contributed by atoms with Crippen molar-refractivity contribution >= 4 is 50.7 Å². The first-order chi connectivity index (χ1) is 11.9. The zero-order valence-electron chi connectivity index (χ0n) is 14.3. The Morgan fingerprint density at radius 1 is 1.52 bits per heavy atom. The summed E-state index contributed by atoms with van der Waals surface area (Å²) in [6.07, 6.45) is 6.89. The average molecular weight is 472 g/mol. The number of amides is 2. The van der Waals surface area contributed by atoms with Gasteiger partial charge in [0, 0.05) is 11.9 Å². The van der Waals surface area contributed by atoms with E-state index >= 15 is 0 Å². The number of hydrogen-bond acceptors (Lipinski definition) is 4. The van der Waals surface area contributed by atoms with Crippen LogP contribution in [-0.4, -0.2) is 21.6 Å². The minimum absolute atomic E-state index is 0.268. The molecule has 25 heavy (non-hydrogen) atoms. The molecule has 2 aromatic rings. The van der Waals surface area contributed by atoms with Gasteiger partial charge in [-0.1, -0.05) is 19.8 Å². The Bertz CT molecular complexity index is 807. The van der Waals surface area contributed by atoms with Crippen molar-refractivity contribution in [2.24, 2.45) is 18.7 Å². The molecule has 1 aliphatic carbocycles. The van der Waals surface area contributed by atoms with Crippen molar-refractivity contribution in [2.45, 2.75) is 39.0 Å². The maximum atomic E-state index is 12.6. The lowest BCUT2D eigenvalue weighted by Crippen LogP contribution is -2.21. The quantitative estimate of drug-likeness (QED) is 0.655. The predicted molar refractivity (Wildman–Crippen MR) is 107 cm³/mol. The smallest absolute Gasteiger partial charge is 0.275 e. The molecule has 3 rings (SSSR count). The monoisotopic (exact) mass is 472 g/mol. The van der Waals surface area contributed by atoms with Crippen LogP contribution in [0.2, 0.25) is 0 Å². The summed E-state index contributed by atoms with van der Waals surface area (Å²) in [5.41, 5.74) is 7.62. The normalized spacial score (nSPS) is 16.5. The van der Waals surface area contributed by atoms with E-state index in [1.165, 1.54) is 27.3 Å². The fourth-order valence-corrected chi connectivity index (χ4v) is 5.57. The highest BCUT2D eigenvalue weighted by Gasteiger charge is 2.29. The van der Waals surface area contributed by atoms with Crippen LogP contribution in [0.15, 0.2) is 6.20 Å². The standard InChI is InChI=1S/C17H21IN4O2S/c1-3-4-9-5-6-10-12(7-9)25-17(13(10)15(19)23)21-16(24)14-11(18)8-20-22(14)2/h8-9H,3-7H2,1-2H3,(H2,19,23)(H,21,24)/t9-/m0/s1. The van der Waals surface area contributed by atoms with E-state index in [9.17, 15) is 9.59 Å². The highest BCUT2D eigenvalue weighted by Crippen LogP contribution is 2.40. The number of primary amides is 1. The lowest BCUT2D eigenvalue weighted by atomic mass is 9.84. The number of thiophene rings is 1. The molecule has 2 amide bonds. The number of fused-ring (bicyclic) bond motifs is 1. The van der Waals surface area contributed by atoms with Crippen molar-refractivity contribution in [1.82, 2.24) is 9.78 Å². The molecule has 1 aliphatic rings. The van der Waals surface area contributed by atoms with Crippen LogP contribution >= 0.6 is 33.9 Å². The molecule has 0 saturated carbocycles. The Balaban J connectivity index is 1.92. The van der Waals surface area contributed by atoms with Crippen LogP contribution in [-0.2, 0) is 19.9 Å². The minimum atomic E-state index is -0.471. The SMILES string of the molecule is CCC[C@H]1CCc2c(sc(NC(=O)c3c(I)cnn3C)c2C(N)=O)C1. The Hall–Kier alpha value is -1.42.